The molecule has 0 aromatic carbocycles. The molecule has 2 aromatic rings. The molecule has 0 atom stereocenters. The van der Waals surface area contributed by atoms with E-state index in [0.29, 0.717) is 48.9 Å². The maximum atomic E-state index is 12.9. The summed E-state index contributed by atoms with van der Waals surface area (Å²) in [6.45, 7) is 3.09. The predicted molar refractivity (Wildman–Crippen MR) is 94.1 cm³/mol. The minimum Gasteiger partial charge on any atom is -0.463 e. The Morgan fingerprint density at radius 1 is 1.28 bits per heavy atom. The molecule has 1 amide bonds. The zero-order valence-electron chi connectivity index (χ0n) is 14.6. The standard InChI is InChI=1S/C20H24N2O3/c1-14-16(7-8-17(21-14)18-6-3-13-25-18)19(23)22-11-9-20(24,10-12-22)15-4-2-5-15/h3,6-8,13,15,24H,2,4-5,9-12H2,1H3. The van der Waals surface area contributed by atoms with E-state index in [4.69, 9.17) is 4.42 Å². The van der Waals surface area contributed by atoms with E-state index in [1.807, 2.05) is 36.1 Å². The zero-order valence-corrected chi connectivity index (χ0v) is 14.6. The van der Waals surface area contributed by atoms with Crippen LogP contribution >= 0.6 is 0 Å². The molecule has 4 rings (SSSR count). The van der Waals surface area contributed by atoms with E-state index in [1.165, 1.54) is 6.42 Å². The molecule has 5 nitrogen and oxygen atoms in total. The van der Waals surface area contributed by atoms with Crippen LogP contribution in [0.25, 0.3) is 11.5 Å². The molecule has 132 valence electrons. The van der Waals surface area contributed by atoms with Crippen molar-refractivity contribution < 1.29 is 14.3 Å². The van der Waals surface area contributed by atoms with E-state index in [-0.39, 0.29) is 5.91 Å². The maximum Gasteiger partial charge on any atom is 0.255 e. The van der Waals surface area contributed by atoms with Crippen molar-refractivity contribution in [2.75, 3.05) is 13.1 Å². The molecule has 0 unspecified atom stereocenters. The van der Waals surface area contributed by atoms with Crippen LogP contribution in [0.15, 0.2) is 34.9 Å². The Morgan fingerprint density at radius 2 is 2.04 bits per heavy atom. The number of hydrogen-bond acceptors (Lipinski definition) is 4. The Bertz CT molecular complexity index is 757. The first kappa shape index (κ1) is 16.3. The SMILES string of the molecule is Cc1nc(-c2ccco2)ccc1C(=O)N1CCC(O)(C2CCC2)CC1. The molecule has 0 spiro atoms. The molecule has 0 radical (unpaired) electrons. The van der Waals surface area contributed by atoms with Crippen LogP contribution in [0.4, 0.5) is 0 Å². The third-order valence-electron chi connectivity index (χ3n) is 5.87. The summed E-state index contributed by atoms with van der Waals surface area (Å²) in [4.78, 5) is 19.2. The molecule has 0 bridgehead atoms. The quantitative estimate of drug-likeness (QED) is 0.930. The van der Waals surface area contributed by atoms with Crippen LogP contribution in [-0.4, -0.2) is 39.6 Å². The number of rotatable bonds is 3. The van der Waals surface area contributed by atoms with E-state index < -0.39 is 5.60 Å². The highest BCUT2D eigenvalue weighted by atomic mass is 16.3. The van der Waals surface area contributed by atoms with Gasteiger partial charge >= 0.3 is 0 Å². The van der Waals surface area contributed by atoms with Crippen molar-refractivity contribution in [2.24, 2.45) is 5.92 Å². The van der Waals surface area contributed by atoms with Gasteiger partial charge in [0.2, 0.25) is 0 Å². The Hall–Kier alpha value is -2.14. The number of carbonyl (C=O) groups is 1. The van der Waals surface area contributed by atoms with Gasteiger partial charge in [0, 0.05) is 13.1 Å². The van der Waals surface area contributed by atoms with Crippen molar-refractivity contribution >= 4 is 5.91 Å². The molecule has 2 fully saturated rings. The lowest BCUT2D eigenvalue weighted by atomic mass is 9.69. The molecule has 2 aliphatic rings. The normalized spacial score (nSPS) is 20.3. The van der Waals surface area contributed by atoms with E-state index in [2.05, 4.69) is 4.98 Å². The second kappa shape index (κ2) is 6.30. The van der Waals surface area contributed by atoms with Gasteiger partial charge in [0.05, 0.1) is 23.1 Å². The third-order valence-corrected chi connectivity index (χ3v) is 5.87. The number of hydrogen-bond donors (Lipinski definition) is 1. The lowest BCUT2D eigenvalue weighted by Gasteiger charge is -2.46. The van der Waals surface area contributed by atoms with Gasteiger partial charge in [-0.2, -0.15) is 0 Å². The van der Waals surface area contributed by atoms with Crippen LogP contribution in [0, 0.1) is 12.8 Å². The number of aryl methyl sites for hydroxylation is 1. The van der Waals surface area contributed by atoms with Crippen molar-refractivity contribution in [2.45, 2.75) is 44.6 Å². The summed E-state index contributed by atoms with van der Waals surface area (Å²) < 4.78 is 5.37. The first-order chi connectivity index (χ1) is 12.1. The number of furan rings is 1. The van der Waals surface area contributed by atoms with Crippen molar-refractivity contribution in [3.63, 3.8) is 0 Å². The van der Waals surface area contributed by atoms with Crippen molar-refractivity contribution in [1.82, 2.24) is 9.88 Å². The number of piperidine rings is 1. The monoisotopic (exact) mass is 340 g/mol. The highest BCUT2D eigenvalue weighted by molar-refractivity contribution is 5.95. The summed E-state index contributed by atoms with van der Waals surface area (Å²) in [6, 6.07) is 7.33. The Morgan fingerprint density at radius 3 is 2.60 bits per heavy atom. The number of aliphatic hydroxyl groups is 1. The summed E-state index contributed by atoms with van der Waals surface area (Å²) in [6.07, 6.45) is 6.45. The predicted octanol–water partition coefficient (Wildman–Crippen LogP) is 3.42. The van der Waals surface area contributed by atoms with Gasteiger partial charge in [-0.15, -0.1) is 0 Å². The average molecular weight is 340 g/mol. The molecular formula is C20H24N2O3. The maximum absolute atomic E-state index is 12.9. The van der Waals surface area contributed by atoms with Gasteiger partial charge < -0.3 is 14.4 Å². The van der Waals surface area contributed by atoms with Crippen LogP contribution in [0.2, 0.25) is 0 Å². The van der Waals surface area contributed by atoms with Crippen LogP contribution in [0.5, 0.6) is 0 Å². The highest BCUT2D eigenvalue weighted by Gasteiger charge is 2.43. The van der Waals surface area contributed by atoms with Crippen LogP contribution in [0.1, 0.15) is 48.2 Å². The largest absolute Gasteiger partial charge is 0.463 e. The Kier molecular flexibility index (Phi) is 4.12. The molecule has 3 heterocycles. The fourth-order valence-corrected chi connectivity index (χ4v) is 3.97. The zero-order chi connectivity index (χ0) is 17.4. The second-order valence-electron chi connectivity index (χ2n) is 7.33. The molecule has 1 aliphatic carbocycles. The third kappa shape index (κ3) is 2.97. The number of amides is 1. The minimum absolute atomic E-state index is 0.00616. The first-order valence-electron chi connectivity index (χ1n) is 9.10. The van der Waals surface area contributed by atoms with Gasteiger partial charge in [0.15, 0.2) is 5.76 Å². The number of nitrogens with zero attached hydrogens (tertiary/aromatic N) is 2. The van der Waals surface area contributed by atoms with Crippen LogP contribution < -0.4 is 0 Å². The van der Waals surface area contributed by atoms with Crippen LogP contribution in [0.3, 0.4) is 0 Å². The smallest absolute Gasteiger partial charge is 0.255 e. The number of carbonyl (C=O) groups excluding carboxylic acids is 1. The summed E-state index contributed by atoms with van der Waals surface area (Å²) in [5.74, 6) is 1.14. The molecule has 5 heteroatoms. The van der Waals surface area contributed by atoms with Gasteiger partial charge in [-0.1, -0.05) is 6.42 Å². The lowest BCUT2D eigenvalue weighted by molar-refractivity contribution is -0.0862. The molecule has 1 N–H and O–H groups in total. The van der Waals surface area contributed by atoms with E-state index in [9.17, 15) is 9.90 Å². The fourth-order valence-electron chi connectivity index (χ4n) is 3.97. The van der Waals surface area contributed by atoms with Gasteiger partial charge in [-0.05, 0) is 62.8 Å². The number of aromatic nitrogens is 1. The van der Waals surface area contributed by atoms with Gasteiger partial charge in [0.25, 0.3) is 5.91 Å². The summed E-state index contributed by atoms with van der Waals surface area (Å²) in [5, 5.41) is 10.8. The molecule has 1 saturated heterocycles. The summed E-state index contributed by atoms with van der Waals surface area (Å²) >= 11 is 0. The molecule has 2 aromatic heterocycles. The van der Waals surface area contributed by atoms with Gasteiger partial charge in [0.1, 0.15) is 5.69 Å². The average Bonchev–Trinajstić information content (AvgIpc) is 3.07. The fraction of sp³-hybridized carbons (Fsp3) is 0.500. The topological polar surface area (TPSA) is 66.6 Å². The number of likely N-dealkylation sites (tertiary alicyclic amines) is 1. The Balaban J connectivity index is 1.46. The molecule has 1 saturated carbocycles. The van der Waals surface area contributed by atoms with E-state index in [0.717, 1.165) is 18.5 Å². The van der Waals surface area contributed by atoms with E-state index >= 15 is 0 Å². The first-order valence-corrected chi connectivity index (χ1v) is 9.10. The number of pyridine rings is 1. The van der Waals surface area contributed by atoms with Gasteiger partial charge in [-0.25, -0.2) is 4.98 Å². The van der Waals surface area contributed by atoms with E-state index in [1.54, 1.807) is 6.26 Å². The summed E-state index contributed by atoms with van der Waals surface area (Å²) in [7, 11) is 0. The second-order valence-corrected chi connectivity index (χ2v) is 7.33. The van der Waals surface area contributed by atoms with Crippen molar-refractivity contribution in [3.8, 4) is 11.5 Å². The van der Waals surface area contributed by atoms with Crippen LogP contribution in [-0.2, 0) is 0 Å². The molecule has 25 heavy (non-hydrogen) atoms. The van der Waals surface area contributed by atoms with Gasteiger partial charge in [-0.3, -0.25) is 4.79 Å². The molecular weight excluding hydrogens is 316 g/mol. The summed E-state index contributed by atoms with van der Waals surface area (Å²) in [5.41, 5.74) is 1.51. The molecule has 1 aliphatic heterocycles. The minimum atomic E-state index is -0.564. The Labute approximate surface area is 147 Å². The van der Waals surface area contributed by atoms with Crippen molar-refractivity contribution in [1.29, 1.82) is 0 Å². The van der Waals surface area contributed by atoms with Crippen molar-refractivity contribution in [3.05, 3.63) is 41.8 Å². The highest BCUT2D eigenvalue weighted by Crippen LogP contribution is 2.42. The lowest BCUT2D eigenvalue weighted by Crippen LogP contribution is -2.52.